The van der Waals surface area contributed by atoms with Crippen LogP contribution in [0.15, 0.2) is 0 Å². The maximum absolute atomic E-state index is 2.32. The van der Waals surface area contributed by atoms with Gasteiger partial charge in [-0.3, -0.25) is 0 Å². The van der Waals surface area contributed by atoms with Gasteiger partial charge in [-0.2, -0.15) is 0 Å². The normalized spacial score (nSPS) is 10.3. The zero-order valence-corrected chi connectivity index (χ0v) is 37.8. The highest BCUT2D eigenvalue weighted by molar-refractivity contribution is 4.61. The van der Waals surface area contributed by atoms with E-state index in [0.717, 1.165) is 29.6 Å². The Balaban J connectivity index is -0.0000000824. The van der Waals surface area contributed by atoms with Crippen molar-refractivity contribution in [2.75, 3.05) is 0 Å². The summed E-state index contributed by atoms with van der Waals surface area (Å²) in [5.74, 6) is 4.47. The summed E-state index contributed by atoms with van der Waals surface area (Å²) < 4.78 is 0. The average Bonchev–Trinajstić information content (AvgIpc) is 3.01. The van der Waals surface area contributed by atoms with Crippen molar-refractivity contribution >= 4 is 0 Å². The third-order valence-corrected chi connectivity index (χ3v) is 8.43. The molecule has 0 unspecified atom stereocenters. The van der Waals surface area contributed by atoms with Gasteiger partial charge in [-0.25, -0.2) is 0 Å². The van der Waals surface area contributed by atoms with Crippen LogP contribution in [0.2, 0.25) is 0 Å². The van der Waals surface area contributed by atoms with Gasteiger partial charge in [0.2, 0.25) is 0 Å². The molecule has 0 aromatic carbocycles. The van der Waals surface area contributed by atoms with Crippen LogP contribution in [0.4, 0.5) is 0 Å². The molecule has 46 heavy (non-hydrogen) atoms. The largest absolute Gasteiger partial charge is 0.0683 e. The molecule has 0 aromatic rings. The Morgan fingerprint density at radius 1 is 0.326 bits per heavy atom. The van der Waals surface area contributed by atoms with E-state index in [1.54, 1.807) is 0 Å². The van der Waals surface area contributed by atoms with Gasteiger partial charge in [-0.15, -0.1) is 0 Å². The predicted octanol–water partition coefficient (Wildman–Crippen LogP) is 18.8. The second-order valence-electron chi connectivity index (χ2n) is 16.2. The molecule has 0 rings (SSSR count). The maximum atomic E-state index is 2.32. The lowest BCUT2D eigenvalue weighted by Crippen LogP contribution is -2.05. The first kappa shape index (κ1) is 61.2. The summed E-state index contributed by atoms with van der Waals surface area (Å²) in [4.78, 5) is 0. The quantitative estimate of drug-likeness (QED) is 0.121. The molecular weight excluding hydrogens is 553 g/mol. The van der Waals surface area contributed by atoms with Crippen LogP contribution in [-0.2, 0) is 0 Å². The van der Waals surface area contributed by atoms with Gasteiger partial charge in [-0.05, 0) is 35.0 Å². The molecule has 0 aliphatic rings. The molecule has 0 aromatic heterocycles. The lowest BCUT2D eigenvalue weighted by Gasteiger charge is -2.18. The predicted molar refractivity (Wildman–Crippen MR) is 227 cm³/mol. The molecule has 0 amide bonds. The van der Waals surface area contributed by atoms with E-state index < -0.39 is 0 Å². The molecule has 290 valence electrons. The molecule has 0 heteroatoms. The third-order valence-electron chi connectivity index (χ3n) is 8.43. The van der Waals surface area contributed by atoms with E-state index in [4.69, 9.17) is 0 Å². The number of unbranched alkanes of at least 4 members (excludes halogenated alkanes) is 9. The van der Waals surface area contributed by atoms with Gasteiger partial charge < -0.3 is 0 Å². The number of rotatable bonds is 19. The van der Waals surface area contributed by atoms with Crippen LogP contribution in [-0.4, -0.2) is 0 Å². The fourth-order valence-electron chi connectivity index (χ4n) is 3.30. The molecule has 0 aliphatic carbocycles. The standard InChI is InChI=1S/C14H30.2C7H16.C6H14.2C5H12.C2H6/c1-4-5-6-7-8-9-10-11-12-13-14(2)3;1-5-7(3,4)6-2;1-4-5-6-7(2)3;1-4-5-6(2)3;2*1-4-5(2)3;1-2/h14H,4-13H2,1-3H3;5-6H2,1-4H3;7H,4-6H2,1-3H3;6H,4-5H2,1-3H3;2*5H,4H2,1-3H3;1-2H3. The number of hydrogen-bond donors (Lipinski definition) is 0. The Morgan fingerprint density at radius 3 is 0.739 bits per heavy atom. The molecule has 0 bridgehead atoms. The molecule has 0 saturated carbocycles. The summed E-state index contributed by atoms with van der Waals surface area (Å²) in [5.41, 5.74) is 0.583. The Bertz CT molecular complexity index is 398. The third kappa shape index (κ3) is 104. The highest BCUT2D eigenvalue weighted by Crippen LogP contribution is 2.22. The van der Waals surface area contributed by atoms with Gasteiger partial charge >= 0.3 is 0 Å². The number of hydrogen-bond acceptors (Lipinski definition) is 0. The minimum absolute atomic E-state index is 0.583. The first-order valence-corrected chi connectivity index (χ1v) is 21.5. The molecular formula is C46H106. The van der Waals surface area contributed by atoms with Crippen LogP contribution in [0.25, 0.3) is 0 Å². The minimum atomic E-state index is 0.583. The zero-order chi connectivity index (χ0) is 37.8. The van der Waals surface area contributed by atoms with E-state index >= 15 is 0 Å². The van der Waals surface area contributed by atoms with Crippen molar-refractivity contribution in [2.24, 2.45) is 35.0 Å². The topological polar surface area (TPSA) is 0 Å². The molecule has 0 heterocycles. The van der Waals surface area contributed by atoms with Crippen LogP contribution in [0.3, 0.4) is 0 Å². The molecule has 0 radical (unpaired) electrons. The van der Waals surface area contributed by atoms with E-state index in [-0.39, 0.29) is 0 Å². The molecule has 0 atom stereocenters. The molecule has 0 fully saturated rings. The Hall–Kier alpha value is 0. The molecule has 0 saturated heterocycles. The van der Waals surface area contributed by atoms with Crippen molar-refractivity contribution in [3.63, 3.8) is 0 Å². The summed E-state index contributed by atoms with van der Waals surface area (Å²) in [6.45, 7) is 46.8. The lowest BCUT2D eigenvalue weighted by molar-refractivity contribution is 0.338. The van der Waals surface area contributed by atoms with Crippen LogP contribution in [0.1, 0.15) is 267 Å². The molecule has 0 spiro atoms. The fraction of sp³-hybridized carbons (Fsp3) is 1.00. The first-order valence-electron chi connectivity index (χ1n) is 21.5. The average molecular weight is 659 g/mol. The molecule has 0 aliphatic heterocycles. The van der Waals surface area contributed by atoms with Gasteiger partial charge in [0.15, 0.2) is 0 Å². The van der Waals surface area contributed by atoms with Crippen molar-refractivity contribution in [2.45, 2.75) is 267 Å². The SMILES string of the molecule is CC.CCC(C)(C)CC.CCC(C)C.CCC(C)C.CCCC(C)C.CCCCC(C)C.CCCCCCCCCCCC(C)C. The van der Waals surface area contributed by atoms with Gasteiger partial charge in [0.05, 0.1) is 0 Å². The highest BCUT2D eigenvalue weighted by Gasteiger charge is 2.09. The van der Waals surface area contributed by atoms with Crippen LogP contribution in [0.5, 0.6) is 0 Å². The smallest absolute Gasteiger partial charge is 0.0359 e. The highest BCUT2D eigenvalue weighted by atomic mass is 14.2. The van der Waals surface area contributed by atoms with Crippen molar-refractivity contribution in [1.29, 1.82) is 0 Å². The fourth-order valence-corrected chi connectivity index (χ4v) is 3.30. The Morgan fingerprint density at radius 2 is 0.587 bits per heavy atom. The van der Waals surface area contributed by atoms with Crippen molar-refractivity contribution < 1.29 is 0 Å². The second-order valence-corrected chi connectivity index (χ2v) is 16.2. The summed E-state index contributed by atoms with van der Waals surface area (Å²) in [6, 6.07) is 0. The van der Waals surface area contributed by atoms with Crippen LogP contribution < -0.4 is 0 Å². The van der Waals surface area contributed by atoms with Gasteiger partial charge in [0.1, 0.15) is 0 Å². The van der Waals surface area contributed by atoms with E-state index in [1.165, 1.54) is 122 Å². The summed E-state index contributed by atoms with van der Waals surface area (Å²) in [7, 11) is 0. The van der Waals surface area contributed by atoms with E-state index in [1.807, 2.05) is 13.8 Å². The van der Waals surface area contributed by atoms with E-state index in [2.05, 4.69) is 132 Å². The maximum Gasteiger partial charge on any atom is -0.0359 e. The van der Waals surface area contributed by atoms with E-state index in [9.17, 15) is 0 Å². The molecule has 0 N–H and O–H groups in total. The monoisotopic (exact) mass is 659 g/mol. The van der Waals surface area contributed by atoms with Crippen LogP contribution in [0, 0.1) is 35.0 Å². The minimum Gasteiger partial charge on any atom is -0.0683 e. The summed E-state index contributed by atoms with van der Waals surface area (Å²) >= 11 is 0. The van der Waals surface area contributed by atoms with Gasteiger partial charge in [-0.1, -0.05) is 267 Å². The van der Waals surface area contributed by atoms with E-state index in [0.29, 0.717) is 5.41 Å². The van der Waals surface area contributed by atoms with Crippen LogP contribution >= 0.6 is 0 Å². The Labute approximate surface area is 301 Å². The van der Waals surface area contributed by atoms with Crippen molar-refractivity contribution in [3.8, 4) is 0 Å². The van der Waals surface area contributed by atoms with Crippen molar-refractivity contribution in [1.82, 2.24) is 0 Å². The molecule has 0 nitrogen and oxygen atoms in total. The van der Waals surface area contributed by atoms with Gasteiger partial charge in [0.25, 0.3) is 0 Å². The summed E-state index contributed by atoms with van der Waals surface area (Å²) in [6.07, 6.45) is 26.6. The second kappa shape index (κ2) is 54.5. The zero-order valence-electron chi connectivity index (χ0n) is 37.8. The lowest BCUT2D eigenvalue weighted by atomic mass is 9.88. The summed E-state index contributed by atoms with van der Waals surface area (Å²) in [5, 5.41) is 0. The van der Waals surface area contributed by atoms with Crippen molar-refractivity contribution in [3.05, 3.63) is 0 Å². The Kier molecular flexibility index (Phi) is 72.5. The first-order chi connectivity index (χ1) is 21.5. The van der Waals surface area contributed by atoms with Gasteiger partial charge in [0, 0.05) is 0 Å².